The minimum atomic E-state index is 0.0762. The fourth-order valence-corrected chi connectivity index (χ4v) is 1.36. The van der Waals surface area contributed by atoms with Gasteiger partial charge in [-0.15, -0.1) is 0 Å². The third-order valence-corrected chi connectivity index (χ3v) is 2.20. The van der Waals surface area contributed by atoms with E-state index in [4.69, 9.17) is 5.26 Å². The van der Waals surface area contributed by atoms with Gasteiger partial charge in [0.05, 0.1) is 12.0 Å². The number of hydrogen-bond donors (Lipinski definition) is 0. The van der Waals surface area contributed by atoms with E-state index in [1.807, 2.05) is 6.92 Å². The average molecular weight is 196 g/mol. The fourth-order valence-electron chi connectivity index (χ4n) is 1.36. The van der Waals surface area contributed by atoms with Crippen LogP contribution in [0.4, 0.5) is 0 Å². The van der Waals surface area contributed by atoms with Crippen molar-refractivity contribution in [2.45, 2.75) is 33.6 Å². The molecule has 0 fully saturated rings. The molecule has 0 bridgehead atoms. The van der Waals surface area contributed by atoms with Crippen molar-refractivity contribution in [3.8, 4) is 6.07 Å². The summed E-state index contributed by atoms with van der Waals surface area (Å²) in [6, 6.07) is 2.22. The molecule has 0 aromatic heterocycles. The van der Waals surface area contributed by atoms with Crippen molar-refractivity contribution >= 4 is 5.78 Å². The van der Waals surface area contributed by atoms with Gasteiger partial charge in [0, 0.05) is 13.0 Å². The first kappa shape index (κ1) is 13.1. The van der Waals surface area contributed by atoms with Gasteiger partial charge in [-0.1, -0.05) is 6.92 Å². The minimum absolute atomic E-state index is 0.0762. The van der Waals surface area contributed by atoms with Gasteiger partial charge in [0.2, 0.25) is 0 Å². The molecule has 80 valence electrons. The molecule has 0 radical (unpaired) electrons. The Balaban J connectivity index is 3.69. The second-order valence-corrected chi connectivity index (χ2v) is 3.73. The minimum Gasteiger partial charge on any atom is -0.302 e. The molecule has 0 N–H and O–H groups in total. The largest absolute Gasteiger partial charge is 0.302 e. The molecule has 1 unspecified atom stereocenters. The molecule has 0 heterocycles. The van der Waals surface area contributed by atoms with Crippen molar-refractivity contribution in [1.82, 2.24) is 4.90 Å². The van der Waals surface area contributed by atoms with Crippen LogP contribution in [0.2, 0.25) is 0 Å². The molecule has 0 saturated heterocycles. The Kier molecular flexibility index (Phi) is 7.04. The van der Waals surface area contributed by atoms with Gasteiger partial charge in [-0.3, -0.25) is 0 Å². The van der Waals surface area contributed by atoms with Crippen molar-refractivity contribution < 1.29 is 4.79 Å². The lowest BCUT2D eigenvalue weighted by atomic mass is 10.1. The highest BCUT2D eigenvalue weighted by atomic mass is 16.1. The SMILES string of the molecule is CCN(CCCC(C)=O)CC(C)C#N. The van der Waals surface area contributed by atoms with E-state index in [-0.39, 0.29) is 11.7 Å². The number of carbonyl (C=O) groups is 1. The Hall–Kier alpha value is -0.880. The second kappa shape index (κ2) is 7.52. The molecule has 0 aromatic carbocycles. The monoisotopic (exact) mass is 196 g/mol. The van der Waals surface area contributed by atoms with Crippen LogP contribution in [0.15, 0.2) is 0 Å². The second-order valence-electron chi connectivity index (χ2n) is 3.73. The van der Waals surface area contributed by atoms with Crippen LogP contribution in [0.5, 0.6) is 0 Å². The van der Waals surface area contributed by atoms with E-state index in [1.54, 1.807) is 6.92 Å². The predicted octanol–water partition coefficient (Wildman–Crippen LogP) is 1.84. The lowest BCUT2D eigenvalue weighted by molar-refractivity contribution is -0.117. The summed E-state index contributed by atoms with van der Waals surface area (Å²) in [4.78, 5) is 12.9. The van der Waals surface area contributed by atoms with E-state index >= 15 is 0 Å². The molecule has 0 amide bonds. The Morgan fingerprint density at radius 2 is 2.21 bits per heavy atom. The molecule has 0 aromatic rings. The zero-order valence-corrected chi connectivity index (χ0v) is 9.42. The van der Waals surface area contributed by atoms with E-state index in [0.29, 0.717) is 6.42 Å². The summed E-state index contributed by atoms with van der Waals surface area (Å²) in [5.41, 5.74) is 0. The van der Waals surface area contributed by atoms with Gasteiger partial charge in [-0.25, -0.2) is 0 Å². The van der Waals surface area contributed by atoms with Crippen LogP contribution in [0.3, 0.4) is 0 Å². The molecule has 0 rings (SSSR count). The highest BCUT2D eigenvalue weighted by molar-refractivity contribution is 5.75. The summed E-state index contributed by atoms with van der Waals surface area (Å²) < 4.78 is 0. The summed E-state index contributed by atoms with van der Waals surface area (Å²) in [6.07, 6.45) is 1.55. The van der Waals surface area contributed by atoms with E-state index < -0.39 is 0 Å². The Morgan fingerprint density at radius 3 is 2.64 bits per heavy atom. The molecule has 0 aliphatic rings. The van der Waals surface area contributed by atoms with Crippen LogP contribution in [0, 0.1) is 17.2 Å². The van der Waals surface area contributed by atoms with Gasteiger partial charge >= 0.3 is 0 Å². The lowest BCUT2D eigenvalue weighted by Gasteiger charge is -2.20. The molecule has 14 heavy (non-hydrogen) atoms. The summed E-state index contributed by atoms with van der Waals surface area (Å²) >= 11 is 0. The summed E-state index contributed by atoms with van der Waals surface area (Å²) in [7, 11) is 0. The van der Waals surface area contributed by atoms with E-state index in [0.717, 1.165) is 26.1 Å². The normalized spacial score (nSPS) is 12.5. The van der Waals surface area contributed by atoms with Crippen molar-refractivity contribution in [2.75, 3.05) is 19.6 Å². The zero-order chi connectivity index (χ0) is 11.0. The van der Waals surface area contributed by atoms with Crippen LogP contribution in [0.25, 0.3) is 0 Å². The van der Waals surface area contributed by atoms with Crippen LogP contribution >= 0.6 is 0 Å². The highest BCUT2D eigenvalue weighted by Gasteiger charge is 2.07. The maximum Gasteiger partial charge on any atom is 0.129 e. The number of Topliss-reactive ketones (excluding diaryl/α,β-unsaturated/α-hetero) is 1. The first-order chi connectivity index (χ1) is 6.60. The summed E-state index contributed by atoms with van der Waals surface area (Å²) in [6.45, 7) is 8.30. The van der Waals surface area contributed by atoms with E-state index in [9.17, 15) is 4.79 Å². The maximum atomic E-state index is 10.7. The molecule has 1 atom stereocenters. The molecule has 0 saturated carbocycles. The number of nitrogens with zero attached hydrogens (tertiary/aromatic N) is 2. The summed E-state index contributed by atoms with van der Waals surface area (Å²) in [5.74, 6) is 0.321. The number of carbonyl (C=O) groups excluding carboxylic acids is 1. The van der Waals surface area contributed by atoms with Crippen LogP contribution in [-0.4, -0.2) is 30.3 Å². The van der Waals surface area contributed by atoms with E-state index in [1.165, 1.54) is 0 Å². The van der Waals surface area contributed by atoms with Gasteiger partial charge in [-0.05, 0) is 33.4 Å². The zero-order valence-electron chi connectivity index (χ0n) is 9.42. The molecular formula is C11H20N2O. The van der Waals surface area contributed by atoms with Crippen molar-refractivity contribution in [1.29, 1.82) is 5.26 Å². The smallest absolute Gasteiger partial charge is 0.129 e. The van der Waals surface area contributed by atoms with Gasteiger partial charge in [0.25, 0.3) is 0 Å². The highest BCUT2D eigenvalue weighted by Crippen LogP contribution is 2.01. The van der Waals surface area contributed by atoms with Crippen LogP contribution < -0.4 is 0 Å². The van der Waals surface area contributed by atoms with Gasteiger partial charge in [-0.2, -0.15) is 5.26 Å². The van der Waals surface area contributed by atoms with Crippen molar-refractivity contribution in [3.63, 3.8) is 0 Å². The number of ketones is 1. The van der Waals surface area contributed by atoms with Crippen molar-refractivity contribution in [2.24, 2.45) is 5.92 Å². The standard InChI is InChI=1S/C11H20N2O/c1-4-13(9-10(2)8-12)7-5-6-11(3)14/h10H,4-7,9H2,1-3H3. The fraction of sp³-hybridized carbons (Fsp3) is 0.818. The molecule has 3 heteroatoms. The van der Waals surface area contributed by atoms with Crippen LogP contribution in [-0.2, 0) is 4.79 Å². The van der Waals surface area contributed by atoms with Crippen LogP contribution in [0.1, 0.15) is 33.6 Å². The van der Waals surface area contributed by atoms with Gasteiger partial charge in [0.1, 0.15) is 5.78 Å². The Morgan fingerprint density at radius 1 is 1.57 bits per heavy atom. The number of nitriles is 1. The van der Waals surface area contributed by atoms with Crippen molar-refractivity contribution in [3.05, 3.63) is 0 Å². The number of hydrogen-bond acceptors (Lipinski definition) is 3. The quantitative estimate of drug-likeness (QED) is 0.624. The van der Waals surface area contributed by atoms with Gasteiger partial charge in [0.15, 0.2) is 0 Å². The maximum absolute atomic E-state index is 10.7. The first-order valence-corrected chi connectivity index (χ1v) is 5.21. The average Bonchev–Trinajstić information content (AvgIpc) is 2.15. The first-order valence-electron chi connectivity index (χ1n) is 5.21. The topological polar surface area (TPSA) is 44.1 Å². The molecule has 0 aliphatic carbocycles. The molecule has 0 spiro atoms. The Bertz CT molecular complexity index is 208. The number of rotatable bonds is 7. The molecule has 3 nitrogen and oxygen atoms in total. The lowest BCUT2D eigenvalue weighted by Crippen LogP contribution is -2.29. The summed E-state index contributed by atoms with van der Waals surface area (Å²) in [5, 5.41) is 8.66. The predicted molar refractivity (Wildman–Crippen MR) is 56.8 cm³/mol. The molecular weight excluding hydrogens is 176 g/mol. The Labute approximate surface area is 86.7 Å². The molecule has 0 aliphatic heterocycles. The third kappa shape index (κ3) is 6.62. The third-order valence-electron chi connectivity index (χ3n) is 2.20. The van der Waals surface area contributed by atoms with E-state index in [2.05, 4.69) is 17.9 Å². The van der Waals surface area contributed by atoms with Gasteiger partial charge < -0.3 is 9.69 Å².